The first-order chi connectivity index (χ1) is 12.8. The molecule has 0 spiro atoms. The zero-order chi connectivity index (χ0) is 19.7. The van der Waals surface area contributed by atoms with Gasteiger partial charge in [-0.2, -0.15) is 0 Å². The Morgan fingerprint density at radius 1 is 1.04 bits per heavy atom. The van der Waals surface area contributed by atoms with E-state index < -0.39 is 11.2 Å². The Bertz CT molecular complexity index is 1140. The first kappa shape index (κ1) is 18.6. The van der Waals surface area contributed by atoms with Crippen molar-refractivity contribution in [3.8, 4) is 0 Å². The summed E-state index contributed by atoms with van der Waals surface area (Å²) in [6.07, 6.45) is 0. The third-order valence-electron chi connectivity index (χ3n) is 4.77. The molecular formula is C20H23N4O3+. The third-order valence-corrected chi connectivity index (χ3v) is 4.77. The van der Waals surface area contributed by atoms with E-state index in [4.69, 9.17) is 5.73 Å². The largest absolute Gasteiger partial charge is 0.384 e. The van der Waals surface area contributed by atoms with Crippen LogP contribution in [0, 0.1) is 0 Å². The average molecular weight is 367 g/mol. The lowest BCUT2D eigenvalue weighted by molar-refractivity contribution is -0.884. The number of hydrogen-bond acceptors (Lipinski definition) is 4. The van der Waals surface area contributed by atoms with Crippen LogP contribution in [0.5, 0.6) is 0 Å². The van der Waals surface area contributed by atoms with Crippen molar-refractivity contribution in [2.45, 2.75) is 6.54 Å². The monoisotopic (exact) mass is 367 g/mol. The maximum absolute atomic E-state index is 12.7. The lowest BCUT2D eigenvalue weighted by Crippen LogP contribution is -3.08. The molecule has 27 heavy (non-hydrogen) atoms. The molecule has 0 radical (unpaired) electrons. The van der Waals surface area contributed by atoms with E-state index in [1.165, 1.54) is 14.1 Å². The van der Waals surface area contributed by atoms with Gasteiger partial charge < -0.3 is 10.6 Å². The van der Waals surface area contributed by atoms with Crippen LogP contribution >= 0.6 is 0 Å². The number of rotatable bonds is 5. The van der Waals surface area contributed by atoms with E-state index in [1.54, 1.807) is 0 Å². The van der Waals surface area contributed by atoms with Gasteiger partial charge >= 0.3 is 5.69 Å². The molecule has 2 aromatic carbocycles. The van der Waals surface area contributed by atoms with Crippen LogP contribution < -0.4 is 21.9 Å². The van der Waals surface area contributed by atoms with Crippen LogP contribution in [0.3, 0.4) is 0 Å². The molecule has 0 bridgehead atoms. The summed E-state index contributed by atoms with van der Waals surface area (Å²) in [7, 11) is 4.67. The van der Waals surface area contributed by atoms with Gasteiger partial charge in [-0.1, -0.05) is 36.4 Å². The number of hydrogen-bond donors (Lipinski definition) is 2. The topological polar surface area (TPSA) is 91.5 Å². The number of anilines is 1. The summed E-state index contributed by atoms with van der Waals surface area (Å²) < 4.78 is 2.02. The van der Waals surface area contributed by atoms with E-state index in [-0.39, 0.29) is 23.7 Å². The summed E-state index contributed by atoms with van der Waals surface area (Å²) >= 11 is 0. The third kappa shape index (κ3) is 3.54. The number of quaternary nitrogens is 1. The standard InChI is InChI=1S/C20H22N4O3/c1-22(11-13-8-9-14-6-4-5-7-15(14)10-13)12-16(25)17-18(21)23(2)20(27)24(3)19(17)26/h4-10H,11-12,21H2,1-3H3/p+1. The first-order valence-electron chi connectivity index (χ1n) is 8.67. The summed E-state index contributed by atoms with van der Waals surface area (Å²) in [4.78, 5) is 37.8. The first-order valence-corrected chi connectivity index (χ1v) is 8.67. The van der Waals surface area contributed by atoms with E-state index in [0.29, 0.717) is 6.54 Å². The van der Waals surface area contributed by atoms with Crippen molar-refractivity contribution in [3.63, 3.8) is 0 Å². The highest BCUT2D eigenvalue weighted by molar-refractivity contribution is 6.00. The molecule has 3 rings (SSSR count). The number of ketones is 1. The zero-order valence-electron chi connectivity index (χ0n) is 15.7. The molecule has 0 saturated heterocycles. The summed E-state index contributed by atoms with van der Waals surface area (Å²) in [6, 6.07) is 14.3. The van der Waals surface area contributed by atoms with Crippen LogP contribution in [0.15, 0.2) is 52.1 Å². The van der Waals surface area contributed by atoms with E-state index in [2.05, 4.69) is 18.2 Å². The summed E-state index contributed by atoms with van der Waals surface area (Å²) in [5.41, 5.74) is 5.63. The van der Waals surface area contributed by atoms with Crippen LogP contribution in [0.25, 0.3) is 10.8 Å². The van der Waals surface area contributed by atoms with Gasteiger partial charge in [-0.3, -0.25) is 18.7 Å². The fourth-order valence-electron chi connectivity index (χ4n) is 3.24. The Kier molecular flexibility index (Phi) is 4.96. The van der Waals surface area contributed by atoms with Gasteiger partial charge in [0.2, 0.25) is 5.78 Å². The molecule has 0 fully saturated rings. The maximum atomic E-state index is 12.7. The van der Waals surface area contributed by atoms with Gasteiger partial charge in [-0.25, -0.2) is 4.79 Å². The molecule has 3 N–H and O–H groups in total. The van der Waals surface area contributed by atoms with Crippen LogP contribution in [-0.4, -0.2) is 28.5 Å². The van der Waals surface area contributed by atoms with E-state index >= 15 is 0 Å². The summed E-state index contributed by atoms with van der Waals surface area (Å²) in [6.45, 7) is 0.729. The lowest BCUT2D eigenvalue weighted by Gasteiger charge is -2.15. The summed E-state index contributed by atoms with van der Waals surface area (Å²) in [5.74, 6) is -0.464. The van der Waals surface area contributed by atoms with Gasteiger partial charge in [0.1, 0.15) is 24.5 Å². The highest BCUT2D eigenvalue weighted by atomic mass is 16.2. The molecular weight excluding hydrogens is 344 g/mol. The maximum Gasteiger partial charge on any atom is 0.332 e. The number of aromatic nitrogens is 2. The molecule has 140 valence electrons. The van der Waals surface area contributed by atoms with Crippen molar-refractivity contribution in [3.05, 3.63) is 74.4 Å². The minimum atomic E-state index is -0.654. The van der Waals surface area contributed by atoms with E-state index in [0.717, 1.165) is 30.4 Å². The quantitative estimate of drug-likeness (QED) is 0.607. The number of nitrogen functional groups attached to an aromatic ring is 1. The fourth-order valence-corrected chi connectivity index (χ4v) is 3.24. The van der Waals surface area contributed by atoms with Crippen molar-refractivity contribution in [1.29, 1.82) is 0 Å². The molecule has 0 aliphatic carbocycles. The number of carbonyl (C=O) groups excluding carboxylic acids is 1. The Balaban J connectivity index is 1.82. The van der Waals surface area contributed by atoms with Crippen molar-refractivity contribution < 1.29 is 9.69 Å². The normalized spacial score (nSPS) is 12.3. The van der Waals surface area contributed by atoms with Crippen molar-refractivity contribution in [2.75, 3.05) is 19.3 Å². The molecule has 1 unspecified atom stereocenters. The lowest BCUT2D eigenvalue weighted by atomic mass is 10.1. The Morgan fingerprint density at radius 2 is 1.70 bits per heavy atom. The fraction of sp³-hybridized carbons (Fsp3) is 0.250. The van der Waals surface area contributed by atoms with Crippen LogP contribution in [0.1, 0.15) is 15.9 Å². The van der Waals surface area contributed by atoms with Crippen molar-refractivity contribution in [2.24, 2.45) is 14.1 Å². The van der Waals surface area contributed by atoms with Crippen LogP contribution in [0.2, 0.25) is 0 Å². The van der Waals surface area contributed by atoms with Gasteiger partial charge in [0, 0.05) is 19.7 Å². The van der Waals surface area contributed by atoms with E-state index in [1.807, 2.05) is 31.3 Å². The van der Waals surface area contributed by atoms with Gasteiger partial charge in [-0.05, 0) is 16.8 Å². The average Bonchev–Trinajstić information content (AvgIpc) is 2.64. The number of nitrogens with one attached hydrogen (secondary N) is 1. The number of likely N-dealkylation sites (N-methyl/N-ethyl adjacent to an activating group) is 1. The van der Waals surface area contributed by atoms with Gasteiger partial charge in [0.05, 0.1) is 7.05 Å². The Labute approximate surface area is 156 Å². The number of carbonyl (C=O) groups is 1. The molecule has 7 nitrogen and oxygen atoms in total. The second kappa shape index (κ2) is 7.20. The molecule has 7 heteroatoms. The zero-order valence-corrected chi connectivity index (χ0v) is 15.7. The number of nitrogens with zero attached hydrogens (tertiary/aromatic N) is 2. The van der Waals surface area contributed by atoms with Crippen molar-refractivity contribution in [1.82, 2.24) is 9.13 Å². The van der Waals surface area contributed by atoms with Gasteiger partial charge in [-0.15, -0.1) is 0 Å². The van der Waals surface area contributed by atoms with Gasteiger partial charge in [0.15, 0.2) is 0 Å². The second-order valence-electron chi connectivity index (χ2n) is 6.88. The molecule has 0 amide bonds. The molecule has 1 aromatic heterocycles. The number of benzene rings is 2. The molecule has 3 aromatic rings. The van der Waals surface area contributed by atoms with E-state index in [9.17, 15) is 14.4 Å². The smallest absolute Gasteiger partial charge is 0.332 e. The van der Waals surface area contributed by atoms with Crippen LogP contribution in [-0.2, 0) is 20.6 Å². The van der Waals surface area contributed by atoms with Crippen molar-refractivity contribution >= 4 is 22.4 Å². The number of fused-ring (bicyclic) bond motifs is 1. The number of nitrogens with two attached hydrogens (primary N) is 1. The minimum absolute atomic E-state index is 0.0911. The van der Waals surface area contributed by atoms with Gasteiger partial charge in [0.25, 0.3) is 5.56 Å². The number of Topliss-reactive ketones (excluding diaryl/α,β-unsaturated/α-hetero) is 1. The summed E-state index contributed by atoms with van der Waals surface area (Å²) in [5, 5.41) is 2.31. The minimum Gasteiger partial charge on any atom is -0.384 e. The predicted octanol–water partition coefficient (Wildman–Crippen LogP) is -0.283. The second-order valence-corrected chi connectivity index (χ2v) is 6.88. The van der Waals surface area contributed by atoms with Crippen LogP contribution in [0.4, 0.5) is 5.82 Å². The Morgan fingerprint density at radius 3 is 2.41 bits per heavy atom. The highest BCUT2D eigenvalue weighted by Gasteiger charge is 2.23. The predicted molar refractivity (Wildman–Crippen MR) is 105 cm³/mol. The Hall–Kier alpha value is -3.19. The molecule has 0 aliphatic heterocycles. The molecule has 1 atom stereocenters. The molecule has 1 heterocycles. The SMILES string of the molecule is Cn1c(N)c(C(=O)C[NH+](C)Cc2ccc3ccccc3c2)c(=O)n(C)c1=O. The highest BCUT2D eigenvalue weighted by Crippen LogP contribution is 2.15. The molecule has 0 saturated carbocycles. The molecule has 0 aliphatic rings.